The molecule has 0 aliphatic heterocycles. The molecule has 2 N–H and O–H groups in total. The summed E-state index contributed by atoms with van der Waals surface area (Å²) in [6.07, 6.45) is 0.326. The molecule has 4 aromatic rings. The monoisotopic (exact) mass is 493 g/mol. The van der Waals surface area contributed by atoms with Crippen molar-refractivity contribution in [3.63, 3.8) is 0 Å². The Kier molecular flexibility index (Phi) is 7.18. The summed E-state index contributed by atoms with van der Waals surface area (Å²) in [5, 5.41) is 18.7. The van der Waals surface area contributed by atoms with Crippen LogP contribution in [0.1, 0.15) is 17.0 Å². The number of nitrogens with two attached hydrogens (primary N) is 1. The first-order chi connectivity index (χ1) is 16.9. The van der Waals surface area contributed by atoms with Crippen LogP contribution in [0.5, 0.6) is 5.75 Å². The molecular formula is C24H23N5O5S. The van der Waals surface area contributed by atoms with E-state index in [-0.39, 0.29) is 23.1 Å². The van der Waals surface area contributed by atoms with Crippen LogP contribution in [0.3, 0.4) is 0 Å². The Labute approximate surface area is 202 Å². The topological polar surface area (TPSA) is 143 Å². The van der Waals surface area contributed by atoms with E-state index in [1.54, 1.807) is 24.3 Å². The Morgan fingerprint density at radius 2 is 1.60 bits per heavy atom. The quantitative estimate of drug-likeness (QED) is 0.262. The summed E-state index contributed by atoms with van der Waals surface area (Å²) < 4.78 is 33.8. The van der Waals surface area contributed by atoms with Crippen LogP contribution in [-0.2, 0) is 28.6 Å². The lowest BCUT2D eigenvalue weighted by molar-refractivity contribution is -0.384. The molecule has 11 heteroatoms. The zero-order valence-electron chi connectivity index (χ0n) is 18.6. The largest absolute Gasteiger partial charge is 0.489 e. The van der Waals surface area contributed by atoms with E-state index in [9.17, 15) is 18.5 Å². The van der Waals surface area contributed by atoms with E-state index in [0.29, 0.717) is 35.9 Å². The van der Waals surface area contributed by atoms with Crippen molar-refractivity contribution in [2.24, 2.45) is 5.73 Å². The van der Waals surface area contributed by atoms with Crippen molar-refractivity contribution in [3.8, 4) is 11.4 Å². The van der Waals surface area contributed by atoms with E-state index >= 15 is 0 Å². The minimum Gasteiger partial charge on any atom is -0.489 e. The van der Waals surface area contributed by atoms with Crippen LogP contribution in [0.2, 0.25) is 0 Å². The van der Waals surface area contributed by atoms with Gasteiger partial charge in [-0.1, -0.05) is 42.5 Å². The molecule has 0 aliphatic carbocycles. The molecule has 0 amide bonds. The van der Waals surface area contributed by atoms with Crippen LogP contribution in [-0.4, -0.2) is 34.7 Å². The maximum Gasteiger partial charge on any atom is 0.269 e. The fourth-order valence-corrected chi connectivity index (χ4v) is 4.90. The van der Waals surface area contributed by atoms with E-state index < -0.39 is 14.8 Å². The lowest BCUT2D eigenvalue weighted by Crippen LogP contribution is -2.15. The Hall–Kier alpha value is -4.09. The highest BCUT2D eigenvalue weighted by Gasteiger charge is 2.26. The zero-order valence-corrected chi connectivity index (χ0v) is 19.5. The van der Waals surface area contributed by atoms with Gasteiger partial charge in [0.25, 0.3) is 10.8 Å². The van der Waals surface area contributed by atoms with Crippen molar-refractivity contribution in [3.05, 3.63) is 106 Å². The molecule has 0 saturated carbocycles. The van der Waals surface area contributed by atoms with Gasteiger partial charge in [-0.3, -0.25) is 14.7 Å². The molecule has 1 aromatic heterocycles. The van der Waals surface area contributed by atoms with Crippen molar-refractivity contribution < 1.29 is 18.1 Å². The molecule has 0 unspecified atom stereocenters. The summed E-state index contributed by atoms with van der Waals surface area (Å²) in [5.41, 5.74) is 7.56. The summed E-state index contributed by atoms with van der Waals surface area (Å²) >= 11 is 0. The second-order valence-corrected chi connectivity index (χ2v) is 9.61. The first kappa shape index (κ1) is 24.0. The number of sulfone groups is 1. The number of rotatable bonds is 10. The second kappa shape index (κ2) is 10.5. The van der Waals surface area contributed by atoms with Gasteiger partial charge >= 0.3 is 0 Å². The summed E-state index contributed by atoms with van der Waals surface area (Å²) in [6.45, 7) is 0.666. The standard InChI is InChI=1S/C24H23N5O5S/c25-15-14-23-26-27-24(35(32,33)17-19-6-8-21(9-7-19)29(30)31)28(23)20-10-12-22(13-11-20)34-16-18-4-2-1-3-5-18/h1-13H,14-17,25H2. The third kappa shape index (κ3) is 5.70. The molecule has 4 rings (SSSR count). The van der Waals surface area contributed by atoms with Crippen LogP contribution in [0, 0.1) is 10.1 Å². The minimum absolute atomic E-state index is 0.117. The Morgan fingerprint density at radius 1 is 0.914 bits per heavy atom. The molecule has 0 fully saturated rings. The molecule has 0 bridgehead atoms. The molecule has 180 valence electrons. The van der Waals surface area contributed by atoms with E-state index in [4.69, 9.17) is 10.5 Å². The van der Waals surface area contributed by atoms with Gasteiger partial charge in [-0.2, -0.15) is 0 Å². The first-order valence-corrected chi connectivity index (χ1v) is 12.4. The van der Waals surface area contributed by atoms with E-state index in [1.807, 2.05) is 30.3 Å². The number of non-ortho nitro benzene ring substituents is 1. The van der Waals surface area contributed by atoms with E-state index in [0.717, 1.165) is 5.56 Å². The van der Waals surface area contributed by atoms with Gasteiger partial charge in [0.15, 0.2) is 0 Å². The van der Waals surface area contributed by atoms with Crippen LogP contribution in [0.4, 0.5) is 5.69 Å². The number of hydrogen-bond donors (Lipinski definition) is 1. The van der Waals surface area contributed by atoms with Crippen molar-refractivity contribution in [2.45, 2.75) is 23.9 Å². The zero-order chi connectivity index (χ0) is 24.8. The van der Waals surface area contributed by atoms with Gasteiger partial charge in [-0.15, -0.1) is 10.2 Å². The predicted octanol–water partition coefficient (Wildman–Crippen LogP) is 3.23. The molecule has 10 nitrogen and oxygen atoms in total. The Bertz CT molecular complexity index is 1400. The SMILES string of the molecule is NCCc1nnc(S(=O)(=O)Cc2ccc([N+](=O)[O-])cc2)n1-c1ccc(OCc2ccccc2)cc1. The third-order valence-electron chi connectivity index (χ3n) is 5.19. The van der Waals surface area contributed by atoms with Crippen LogP contribution in [0.25, 0.3) is 5.69 Å². The Morgan fingerprint density at radius 3 is 2.23 bits per heavy atom. The summed E-state index contributed by atoms with van der Waals surface area (Å²) in [4.78, 5) is 10.3. The first-order valence-electron chi connectivity index (χ1n) is 10.7. The smallest absolute Gasteiger partial charge is 0.269 e. The van der Waals surface area contributed by atoms with Crippen molar-refractivity contribution in [1.82, 2.24) is 14.8 Å². The maximum absolute atomic E-state index is 13.2. The number of nitro benzene ring substituents is 1. The van der Waals surface area contributed by atoms with Gasteiger partial charge in [0, 0.05) is 24.2 Å². The molecule has 3 aromatic carbocycles. The molecule has 1 heterocycles. The molecule has 0 spiro atoms. The number of ether oxygens (including phenoxy) is 1. The molecule has 0 radical (unpaired) electrons. The summed E-state index contributed by atoms with van der Waals surface area (Å²) in [5.74, 6) is 0.651. The van der Waals surface area contributed by atoms with Gasteiger partial charge in [0.1, 0.15) is 18.2 Å². The highest BCUT2D eigenvalue weighted by Crippen LogP contribution is 2.24. The second-order valence-electron chi connectivity index (χ2n) is 7.72. The predicted molar refractivity (Wildman–Crippen MR) is 129 cm³/mol. The number of benzene rings is 3. The highest BCUT2D eigenvalue weighted by atomic mass is 32.2. The number of nitro groups is 1. The molecular weight excluding hydrogens is 470 g/mol. The number of hydrogen-bond acceptors (Lipinski definition) is 8. The van der Waals surface area contributed by atoms with Gasteiger partial charge in [0.05, 0.1) is 10.7 Å². The van der Waals surface area contributed by atoms with E-state index in [1.165, 1.54) is 28.8 Å². The van der Waals surface area contributed by atoms with Crippen molar-refractivity contribution in [1.29, 1.82) is 0 Å². The number of aromatic nitrogens is 3. The van der Waals surface area contributed by atoms with Gasteiger partial charge in [-0.05, 0) is 41.9 Å². The van der Waals surface area contributed by atoms with Crippen LogP contribution >= 0.6 is 0 Å². The van der Waals surface area contributed by atoms with Gasteiger partial charge in [-0.25, -0.2) is 8.42 Å². The van der Waals surface area contributed by atoms with Gasteiger partial charge < -0.3 is 10.5 Å². The summed E-state index contributed by atoms with van der Waals surface area (Å²) in [7, 11) is -3.93. The van der Waals surface area contributed by atoms with Crippen LogP contribution in [0.15, 0.2) is 84.0 Å². The summed E-state index contributed by atoms with van der Waals surface area (Å²) in [6, 6.07) is 22.1. The molecule has 0 aliphatic rings. The minimum atomic E-state index is -3.93. The average Bonchev–Trinajstić information content (AvgIpc) is 3.29. The van der Waals surface area contributed by atoms with Crippen molar-refractivity contribution >= 4 is 15.5 Å². The van der Waals surface area contributed by atoms with Crippen molar-refractivity contribution in [2.75, 3.05) is 6.54 Å². The Balaban J connectivity index is 1.60. The van der Waals surface area contributed by atoms with E-state index in [2.05, 4.69) is 10.2 Å². The lowest BCUT2D eigenvalue weighted by atomic mass is 10.2. The normalized spacial score (nSPS) is 11.3. The average molecular weight is 494 g/mol. The molecule has 35 heavy (non-hydrogen) atoms. The third-order valence-corrected chi connectivity index (χ3v) is 6.73. The fraction of sp³-hybridized carbons (Fsp3) is 0.167. The molecule has 0 saturated heterocycles. The van der Waals surface area contributed by atoms with Crippen LogP contribution < -0.4 is 10.5 Å². The van der Waals surface area contributed by atoms with Gasteiger partial charge in [0.2, 0.25) is 9.84 Å². The molecule has 0 atom stereocenters. The lowest BCUT2D eigenvalue weighted by Gasteiger charge is -2.12. The highest BCUT2D eigenvalue weighted by molar-refractivity contribution is 7.90. The number of nitrogens with zero attached hydrogens (tertiary/aromatic N) is 4. The maximum atomic E-state index is 13.2. The fourth-order valence-electron chi connectivity index (χ4n) is 3.48.